The van der Waals surface area contributed by atoms with Crippen molar-refractivity contribution in [1.29, 1.82) is 0 Å². The molecular formula is C19H13Cl2NO2. The topological polar surface area (TPSA) is 38.7 Å². The first-order chi connectivity index (χ1) is 11.5. The molecule has 5 heteroatoms. The fraction of sp³-hybridized carbons (Fsp3) is 0.0526. The van der Waals surface area contributed by atoms with E-state index < -0.39 is 5.97 Å². The Balaban J connectivity index is 1.82. The number of carbonyl (C=O) groups excluding carboxylic acids is 1. The number of esters is 1. The smallest absolute Gasteiger partial charge is 0.363 e. The number of hydrogen-bond acceptors (Lipinski definition) is 3. The molecule has 1 heterocycles. The number of rotatable bonds is 3. The lowest BCUT2D eigenvalue weighted by Crippen LogP contribution is -2.01. The molecule has 0 saturated heterocycles. The molecule has 0 unspecified atom stereocenters. The van der Waals surface area contributed by atoms with Gasteiger partial charge < -0.3 is 4.74 Å². The Kier molecular flexibility index (Phi) is 4.84. The van der Waals surface area contributed by atoms with Crippen molar-refractivity contribution < 1.29 is 9.53 Å². The van der Waals surface area contributed by atoms with Crippen molar-refractivity contribution in [2.75, 3.05) is 0 Å². The molecule has 0 N–H and O–H groups in total. The predicted octanol–water partition coefficient (Wildman–Crippen LogP) is 5.31. The van der Waals surface area contributed by atoms with Crippen molar-refractivity contribution >= 4 is 47.2 Å². The highest BCUT2D eigenvalue weighted by molar-refractivity contribution is 6.35. The van der Waals surface area contributed by atoms with E-state index in [4.69, 9.17) is 27.9 Å². The lowest BCUT2D eigenvalue weighted by Gasteiger charge is -1.98. The summed E-state index contributed by atoms with van der Waals surface area (Å²) in [6.45, 7) is 2.02. The normalized spacial score (nSPS) is 15.9. The molecule has 0 atom stereocenters. The molecule has 3 nitrogen and oxygen atoms in total. The van der Waals surface area contributed by atoms with Crippen LogP contribution in [0.4, 0.5) is 0 Å². The number of benzene rings is 2. The van der Waals surface area contributed by atoms with Crippen molar-refractivity contribution in [1.82, 2.24) is 0 Å². The van der Waals surface area contributed by atoms with Crippen LogP contribution in [0.3, 0.4) is 0 Å². The first kappa shape index (κ1) is 16.5. The maximum atomic E-state index is 11.9. The second-order valence-electron chi connectivity index (χ2n) is 5.28. The van der Waals surface area contributed by atoms with Crippen molar-refractivity contribution in [2.45, 2.75) is 6.92 Å². The molecule has 1 aliphatic heterocycles. The molecule has 24 heavy (non-hydrogen) atoms. The molecular weight excluding hydrogens is 345 g/mol. The second-order valence-corrected chi connectivity index (χ2v) is 6.12. The number of nitrogens with zero attached hydrogens (tertiary/aromatic N) is 1. The predicted molar refractivity (Wildman–Crippen MR) is 98.2 cm³/mol. The summed E-state index contributed by atoms with van der Waals surface area (Å²) in [4.78, 5) is 16.1. The van der Waals surface area contributed by atoms with Gasteiger partial charge in [-0.05, 0) is 42.3 Å². The Morgan fingerprint density at radius 2 is 1.79 bits per heavy atom. The third kappa shape index (κ3) is 3.94. The third-order valence-corrected chi connectivity index (χ3v) is 3.95. The van der Waals surface area contributed by atoms with Crippen LogP contribution in [0.1, 0.15) is 16.7 Å². The van der Waals surface area contributed by atoms with E-state index in [9.17, 15) is 4.79 Å². The monoisotopic (exact) mass is 357 g/mol. The van der Waals surface area contributed by atoms with E-state index in [0.717, 1.165) is 5.56 Å². The van der Waals surface area contributed by atoms with E-state index >= 15 is 0 Å². The van der Waals surface area contributed by atoms with Gasteiger partial charge in [0.1, 0.15) is 0 Å². The Morgan fingerprint density at radius 3 is 2.50 bits per heavy atom. The minimum absolute atomic E-state index is 0.197. The van der Waals surface area contributed by atoms with Gasteiger partial charge in [-0.2, -0.15) is 0 Å². The van der Waals surface area contributed by atoms with Crippen LogP contribution < -0.4 is 0 Å². The second kappa shape index (κ2) is 7.04. The Hall–Kier alpha value is -2.36. The molecule has 0 bridgehead atoms. The number of aryl methyl sites for hydroxylation is 1. The molecule has 0 aromatic heterocycles. The highest BCUT2D eigenvalue weighted by Crippen LogP contribution is 2.25. The summed E-state index contributed by atoms with van der Waals surface area (Å²) in [5, 5.41) is 0.975. The molecule has 0 aliphatic carbocycles. The number of aliphatic imine (C=N–C) groups is 1. The average Bonchev–Trinajstić information content (AvgIpc) is 2.89. The molecule has 3 rings (SSSR count). The highest BCUT2D eigenvalue weighted by Gasteiger charge is 2.21. The number of halogens is 2. The molecule has 120 valence electrons. The molecule has 1 aliphatic rings. The SMILES string of the molecule is Cc1ccc(C=CC2=NC(=Cc3ccc(Cl)cc3Cl)C(=O)O2)cc1. The fourth-order valence-electron chi connectivity index (χ4n) is 2.11. The van der Waals surface area contributed by atoms with Crippen molar-refractivity contribution in [3.05, 3.63) is 81.0 Å². The first-order valence-electron chi connectivity index (χ1n) is 7.23. The minimum atomic E-state index is -0.510. The van der Waals surface area contributed by atoms with E-state index in [1.165, 1.54) is 5.56 Å². The van der Waals surface area contributed by atoms with Gasteiger partial charge in [0.05, 0.1) is 0 Å². The molecule has 0 radical (unpaired) electrons. The molecule has 2 aromatic rings. The lowest BCUT2D eigenvalue weighted by atomic mass is 10.1. The fourth-order valence-corrected chi connectivity index (χ4v) is 2.57. The Labute approximate surface area is 149 Å². The molecule has 0 fully saturated rings. The highest BCUT2D eigenvalue weighted by atomic mass is 35.5. The lowest BCUT2D eigenvalue weighted by molar-refractivity contribution is -0.129. The summed E-state index contributed by atoms with van der Waals surface area (Å²) in [6, 6.07) is 13.0. The molecule has 0 amide bonds. The summed E-state index contributed by atoms with van der Waals surface area (Å²) >= 11 is 12.0. The van der Waals surface area contributed by atoms with Gasteiger partial charge >= 0.3 is 5.97 Å². The van der Waals surface area contributed by atoms with E-state index in [-0.39, 0.29) is 11.6 Å². The molecule has 0 saturated carbocycles. The number of ether oxygens (including phenoxy) is 1. The number of hydrogen-bond donors (Lipinski definition) is 0. The summed E-state index contributed by atoms with van der Waals surface area (Å²) in [7, 11) is 0. The standard InChI is InChI=1S/C19H13Cl2NO2/c1-12-2-4-13(5-3-12)6-9-18-22-17(19(23)24-18)10-14-7-8-15(20)11-16(14)21/h2-11H,1H3. The maximum absolute atomic E-state index is 11.9. The number of carbonyl (C=O) groups is 1. The van der Waals surface area contributed by atoms with Gasteiger partial charge in [0.15, 0.2) is 5.70 Å². The zero-order valence-corrected chi connectivity index (χ0v) is 14.3. The van der Waals surface area contributed by atoms with Gasteiger partial charge in [0.2, 0.25) is 5.90 Å². The zero-order chi connectivity index (χ0) is 17.1. The first-order valence-corrected chi connectivity index (χ1v) is 7.99. The largest absolute Gasteiger partial charge is 0.403 e. The third-order valence-electron chi connectivity index (χ3n) is 3.39. The van der Waals surface area contributed by atoms with E-state index in [0.29, 0.717) is 15.6 Å². The summed E-state index contributed by atoms with van der Waals surface area (Å²) in [6.07, 6.45) is 5.07. The Bertz CT molecular complexity index is 881. The quantitative estimate of drug-likeness (QED) is 0.551. The average molecular weight is 358 g/mol. The van der Waals surface area contributed by atoms with Crippen molar-refractivity contribution in [3.63, 3.8) is 0 Å². The van der Waals surface area contributed by atoms with Crippen molar-refractivity contribution in [2.24, 2.45) is 4.99 Å². The summed E-state index contributed by atoms with van der Waals surface area (Å²) < 4.78 is 5.14. The van der Waals surface area contributed by atoms with Crippen LogP contribution >= 0.6 is 23.2 Å². The maximum Gasteiger partial charge on any atom is 0.363 e. The van der Waals surface area contributed by atoms with Crippen LogP contribution in [0.25, 0.3) is 12.2 Å². The van der Waals surface area contributed by atoms with Gasteiger partial charge in [0, 0.05) is 16.1 Å². The van der Waals surface area contributed by atoms with Crippen LogP contribution in [0.15, 0.2) is 59.2 Å². The van der Waals surface area contributed by atoms with E-state index in [2.05, 4.69) is 4.99 Å². The Morgan fingerprint density at radius 1 is 1.04 bits per heavy atom. The van der Waals surface area contributed by atoms with Crippen molar-refractivity contribution in [3.8, 4) is 0 Å². The van der Waals surface area contributed by atoms with E-state index in [1.54, 1.807) is 30.4 Å². The van der Waals surface area contributed by atoms with Gasteiger partial charge in [-0.25, -0.2) is 9.79 Å². The summed E-state index contributed by atoms with van der Waals surface area (Å²) in [5.74, 6) is -0.263. The van der Waals surface area contributed by atoms with Gasteiger partial charge in [-0.3, -0.25) is 0 Å². The molecule has 0 spiro atoms. The molecule has 2 aromatic carbocycles. The van der Waals surface area contributed by atoms with Crippen LogP contribution in [-0.4, -0.2) is 11.9 Å². The number of cyclic esters (lactones) is 1. The van der Waals surface area contributed by atoms with Crippen LogP contribution in [-0.2, 0) is 9.53 Å². The zero-order valence-electron chi connectivity index (χ0n) is 12.8. The van der Waals surface area contributed by atoms with Gasteiger partial charge in [-0.1, -0.05) is 59.1 Å². The van der Waals surface area contributed by atoms with E-state index in [1.807, 2.05) is 37.3 Å². The minimum Gasteiger partial charge on any atom is -0.403 e. The van der Waals surface area contributed by atoms with Crippen LogP contribution in [0.2, 0.25) is 10.0 Å². The van der Waals surface area contributed by atoms with Gasteiger partial charge in [0.25, 0.3) is 0 Å². The summed E-state index contributed by atoms with van der Waals surface area (Å²) in [5.41, 5.74) is 3.03. The van der Waals surface area contributed by atoms with Crippen LogP contribution in [0, 0.1) is 6.92 Å². The van der Waals surface area contributed by atoms with Crippen LogP contribution in [0.5, 0.6) is 0 Å². The van der Waals surface area contributed by atoms with Gasteiger partial charge in [-0.15, -0.1) is 0 Å².